The van der Waals surface area contributed by atoms with Gasteiger partial charge in [0.1, 0.15) is 29.2 Å². The molecule has 1 aromatic carbocycles. The van der Waals surface area contributed by atoms with E-state index in [1.807, 2.05) is 20.8 Å². The van der Waals surface area contributed by atoms with Crippen LogP contribution in [-0.2, 0) is 25.5 Å². The fraction of sp³-hybridized carbons (Fsp3) is 0.697. The van der Waals surface area contributed by atoms with E-state index >= 15 is 0 Å². The van der Waals surface area contributed by atoms with E-state index in [1.54, 1.807) is 35.0 Å². The van der Waals surface area contributed by atoms with Crippen LogP contribution in [0.4, 0.5) is 9.59 Å². The van der Waals surface area contributed by atoms with Crippen LogP contribution in [0.3, 0.4) is 0 Å². The Hall–Kier alpha value is -3.70. The number of carbonyl (C=O) groups is 4. The number of rotatable bonds is 14. The van der Waals surface area contributed by atoms with Crippen molar-refractivity contribution >= 4 is 24.0 Å². The molecule has 12 nitrogen and oxygen atoms in total. The molecule has 1 saturated carbocycles. The monoisotopic (exact) mass is 632 g/mol. The van der Waals surface area contributed by atoms with E-state index in [9.17, 15) is 19.2 Å². The number of nitrogens with zero attached hydrogens (tertiary/aromatic N) is 1. The van der Waals surface area contributed by atoms with Crippen molar-refractivity contribution in [1.29, 1.82) is 0 Å². The summed E-state index contributed by atoms with van der Waals surface area (Å²) in [7, 11) is 3.31. The average Bonchev–Trinajstić information content (AvgIpc) is 3.64. The number of methoxy groups -OCH3 is 2. The van der Waals surface area contributed by atoms with Crippen LogP contribution >= 0.6 is 0 Å². The highest BCUT2D eigenvalue weighted by atomic mass is 16.6. The number of benzene rings is 1. The van der Waals surface area contributed by atoms with E-state index in [4.69, 9.17) is 18.9 Å². The molecule has 45 heavy (non-hydrogen) atoms. The second-order valence-corrected chi connectivity index (χ2v) is 12.9. The molecular weight excluding hydrogens is 580 g/mol. The van der Waals surface area contributed by atoms with Crippen molar-refractivity contribution in [3.8, 4) is 11.5 Å². The molecule has 2 aliphatic rings. The Morgan fingerprint density at radius 1 is 0.933 bits per heavy atom. The number of likely N-dealkylation sites (tertiary alicyclic amines) is 1. The summed E-state index contributed by atoms with van der Waals surface area (Å²) in [6.45, 7) is 12.3. The molecular formula is C33H52N4O8. The van der Waals surface area contributed by atoms with Gasteiger partial charge in [-0.25, -0.2) is 9.59 Å². The number of alkyl carbamates (subject to hydrolysis) is 1. The van der Waals surface area contributed by atoms with Gasteiger partial charge in [-0.2, -0.15) is 0 Å². The molecule has 2 atom stereocenters. The molecule has 0 spiro atoms. The zero-order valence-corrected chi connectivity index (χ0v) is 28.2. The van der Waals surface area contributed by atoms with Crippen molar-refractivity contribution in [1.82, 2.24) is 20.9 Å². The van der Waals surface area contributed by atoms with Crippen LogP contribution in [0.5, 0.6) is 11.5 Å². The van der Waals surface area contributed by atoms with Gasteiger partial charge < -0.3 is 34.9 Å². The molecule has 0 aromatic heterocycles. The molecule has 0 bridgehead atoms. The van der Waals surface area contributed by atoms with Gasteiger partial charge in [0.2, 0.25) is 11.8 Å². The van der Waals surface area contributed by atoms with Gasteiger partial charge >= 0.3 is 12.2 Å². The van der Waals surface area contributed by atoms with Gasteiger partial charge in [0.15, 0.2) is 0 Å². The zero-order valence-electron chi connectivity index (χ0n) is 28.2. The highest BCUT2D eigenvalue weighted by Crippen LogP contribution is 2.38. The van der Waals surface area contributed by atoms with Crippen LogP contribution in [0, 0.1) is 20.8 Å². The Morgan fingerprint density at radius 2 is 1.60 bits per heavy atom. The minimum absolute atomic E-state index is 0.128. The van der Waals surface area contributed by atoms with Crippen LogP contribution < -0.4 is 25.4 Å². The lowest BCUT2D eigenvalue weighted by molar-refractivity contribution is -0.131. The molecule has 252 valence electrons. The summed E-state index contributed by atoms with van der Waals surface area (Å²) in [5, 5.41) is 8.53. The van der Waals surface area contributed by atoms with Crippen molar-refractivity contribution in [2.24, 2.45) is 0 Å². The topological polar surface area (TPSA) is 145 Å². The molecule has 12 heteroatoms. The third-order valence-corrected chi connectivity index (χ3v) is 8.20. The van der Waals surface area contributed by atoms with Crippen molar-refractivity contribution in [3.63, 3.8) is 0 Å². The first-order chi connectivity index (χ1) is 21.3. The maximum Gasteiger partial charge on any atom is 0.410 e. The van der Waals surface area contributed by atoms with Gasteiger partial charge in [0.05, 0.1) is 20.8 Å². The van der Waals surface area contributed by atoms with Crippen LogP contribution in [0.2, 0.25) is 0 Å². The fourth-order valence-corrected chi connectivity index (χ4v) is 5.65. The van der Waals surface area contributed by atoms with Crippen LogP contribution in [0.1, 0.15) is 88.0 Å². The lowest BCUT2D eigenvalue weighted by Gasteiger charge is -2.29. The number of amides is 4. The van der Waals surface area contributed by atoms with E-state index in [-0.39, 0.29) is 31.0 Å². The predicted molar refractivity (Wildman–Crippen MR) is 170 cm³/mol. The zero-order chi connectivity index (χ0) is 33.3. The predicted octanol–water partition coefficient (Wildman–Crippen LogP) is 4.23. The summed E-state index contributed by atoms with van der Waals surface area (Å²) >= 11 is 0. The molecule has 1 aliphatic carbocycles. The van der Waals surface area contributed by atoms with Gasteiger partial charge in [-0.05, 0) is 110 Å². The molecule has 3 N–H and O–H groups in total. The van der Waals surface area contributed by atoms with Gasteiger partial charge in [0.25, 0.3) is 0 Å². The number of nitrogens with one attached hydrogen (secondary N) is 3. The average molecular weight is 633 g/mol. The minimum atomic E-state index is -0.787. The Bertz CT molecular complexity index is 1220. The molecule has 1 aromatic rings. The maximum atomic E-state index is 13.2. The normalized spacial score (nSPS) is 16.9. The van der Waals surface area contributed by atoms with Crippen LogP contribution in [0.15, 0.2) is 0 Å². The summed E-state index contributed by atoms with van der Waals surface area (Å²) in [6, 6.07) is -1.36. The minimum Gasteiger partial charge on any atom is -0.496 e. The summed E-state index contributed by atoms with van der Waals surface area (Å²) in [4.78, 5) is 52.6. The third-order valence-electron chi connectivity index (χ3n) is 8.20. The number of hydrogen-bond acceptors (Lipinski definition) is 8. The SMILES string of the molecule is COc1c(C)c(C)c(OC)c(CCCOC(=O)NCCCC(NC(=O)C2CCCN2C(=O)OC(C)(C)C)C(=O)NC2CC2)c1C. The largest absolute Gasteiger partial charge is 0.496 e. The van der Waals surface area contributed by atoms with Crippen molar-refractivity contribution < 1.29 is 38.1 Å². The van der Waals surface area contributed by atoms with E-state index < -0.39 is 29.9 Å². The van der Waals surface area contributed by atoms with Crippen molar-refractivity contribution in [3.05, 3.63) is 22.3 Å². The van der Waals surface area contributed by atoms with Crippen molar-refractivity contribution in [2.45, 2.75) is 117 Å². The van der Waals surface area contributed by atoms with Gasteiger partial charge in [-0.3, -0.25) is 14.5 Å². The molecule has 2 unspecified atom stereocenters. The lowest BCUT2D eigenvalue weighted by atomic mass is 9.94. The fourth-order valence-electron chi connectivity index (χ4n) is 5.65. The lowest BCUT2D eigenvalue weighted by Crippen LogP contribution is -2.54. The second-order valence-electron chi connectivity index (χ2n) is 12.9. The summed E-state index contributed by atoms with van der Waals surface area (Å²) in [5.74, 6) is 1.03. The molecule has 3 rings (SSSR count). The Labute approximate surface area is 267 Å². The third kappa shape index (κ3) is 10.2. The smallest absolute Gasteiger partial charge is 0.410 e. The Kier molecular flexibility index (Phi) is 12.7. The number of ether oxygens (including phenoxy) is 4. The Morgan fingerprint density at radius 3 is 2.22 bits per heavy atom. The standard InChI is InChI=1S/C33H52N4O8/c1-20-21(2)28(43-8)24(22(3)27(20)42-7)12-11-19-44-31(40)34-17-9-13-25(29(38)35-23-15-16-23)36-30(39)26-14-10-18-37(26)32(41)45-33(4,5)6/h23,25-26H,9-19H2,1-8H3,(H,34,40)(H,35,38)(H,36,39). The van der Waals surface area contributed by atoms with Gasteiger partial charge in [0, 0.05) is 24.7 Å². The molecule has 1 saturated heterocycles. The highest BCUT2D eigenvalue weighted by molar-refractivity contribution is 5.91. The van der Waals surface area contributed by atoms with E-state index in [0.717, 1.165) is 46.6 Å². The van der Waals surface area contributed by atoms with Crippen LogP contribution in [-0.4, -0.2) is 86.5 Å². The van der Waals surface area contributed by atoms with E-state index in [2.05, 4.69) is 16.0 Å². The van der Waals surface area contributed by atoms with Crippen molar-refractivity contribution in [2.75, 3.05) is 33.9 Å². The molecule has 0 radical (unpaired) electrons. The number of hydrogen-bond donors (Lipinski definition) is 3. The summed E-state index contributed by atoms with van der Waals surface area (Å²) in [6.07, 6.45) is 3.94. The molecule has 1 heterocycles. The Balaban J connectivity index is 1.46. The van der Waals surface area contributed by atoms with Crippen LogP contribution in [0.25, 0.3) is 0 Å². The molecule has 1 aliphatic heterocycles. The summed E-state index contributed by atoms with van der Waals surface area (Å²) in [5.41, 5.74) is 3.44. The molecule has 4 amide bonds. The first kappa shape index (κ1) is 35.8. The first-order valence-electron chi connectivity index (χ1n) is 16.0. The van der Waals surface area contributed by atoms with Gasteiger partial charge in [-0.1, -0.05) is 0 Å². The summed E-state index contributed by atoms with van der Waals surface area (Å²) < 4.78 is 22.1. The quantitative estimate of drug-likeness (QED) is 0.259. The van der Waals surface area contributed by atoms with E-state index in [0.29, 0.717) is 45.1 Å². The van der Waals surface area contributed by atoms with Gasteiger partial charge in [-0.15, -0.1) is 0 Å². The molecule has 2 fully saturated rings. The maximum absolute atomic E-state index is 13.2. The number of carbonyl (C=O) groups excluding carboxylic acids is 4. The first-order valence-corrected chi connectivity index (χ1v) is 16.0. The highest BCUT2D eigenvalue weighted by Gasteiger charge is 2.38. The second kappa shape index (κ2) is 16.0. The van der Waals surface area contributed by atoms with E-state index in [1.165, 1.54) is 4.90 Å².